The molecule has 1 unspecified atom stereocenters. The van der Waals surface area contributed by atoms with Gasteiger partial charge in [0.1, 0.15) is 0 Å². The molecule has 0 aromatic heterocycles. The van der Waals surface area contributed by atoms with Crippen LogP contribution in [0.2, 0.25) is 0 Å². The number of thioether (sulfide) groups is 1. The van der Waals surface area contributed by atoms with Crippen molar-refractivity contribution in [2.24, 2.45) is 4.99 Å². The van der Waals surface area contributed by atoms with Crippen molar-refractivity contribution in [1.82, 2.24) is 4.90 Å². The third-order valence-electron chi connectivity index (χ3n) is 2.77. The predicted octanol–water partition coefficient (Wildman–Crippen LogP) is 2.90. The van der Waals surface area contributed by atoms with Gasteiger partial charge in [-0.2, -0.15) is 0 Å². The number of benzene rings is 1. The summed E-state index contributed by atoms with van der Waals surface area (Å²) in [7, 11) is 1.74. The molecular weight excluding hydrogens is 312 g/mol. The van der Waals surface area contributed by atoms with Gasteiger partial charge in [0.15, 0.2) is 5.17 Å². The van der Waals surface area contributed by atoms with E-state index < -0.39 is 0 Å². The number of carbonyl (C=O) groups is 1. The van der Waals surface area contributed by atoms with Gasteiger partial charge in [-0.1, -0.05) is 58.0 Å². The maximum Gasteiger partial charge on any atom is 0.242 e. The zero-order valence-electron chi connectivity index (χ0n) is 10.2. The summed E-state index contributed by atoms with van der Waals surface area (Å²) in [4.78, 5) is 18.3. The molecule has 1 fully saturated rings. The molecular formula is C13H15BrN2OS. The summed E-state index contributed by atoms with van der Waals surface area (Å²) in [6.45, 7) is 0.609. The predicted molar refractivity (Wildman–Crippen MR) is 80.1 cm³/mol. The first-order valence-corrected chi connectivity index (χ1v) is 7.81. The first-order valence-electron chi connectivity index (χ1n) is 5.81. The molecule has 0 aliphatic carbocycles. The quantitative estimate of drug-likeness (QED) is 0.797. The minimum atomic E-state index is 0.00628. The Hall–Kier alpha value is -0.810. The summed E-state index contributed by atoms with van der Waals surface area (Å²) >= 11 is 4.96. The Morgan fingerprint density at radius 1 is 1.39 bits per heavy atom. The van der Waals surface area contributed by atoms with E-state index in [9.17, 15) is 4.79 Å². The van der Waals surface area contributed by atoms with Crippen LogP contribution in [-0.4, -0.2) is 33.6 Å². The minimum Gasteiger partial charge on any atom is -0.286 e. The maximum absolute atomic E-state index is 12.3. The van der Waals surface area contributed by atoms with Crippen LogP contribution in [0.1, 0.15) is 12.0 Å². The zero-order chi connectivity index (χ0) is 13.0. The van der Waals surface area contributed by atoms with Crippen LogP contribution in [-0.2, 0) is 11.3 Å². The van der Waals surface area contributed by atoms with E-state index in [1.807, 2.05) is 30.3 Å². The van der Waals surface area contributed by atoms with Crippen LogP contribution in [0.15, 0.2) is 35.3 Å². The Kier molecular flexibility index (Phi) is 4.83. The fraction of sp³-hybridized carbons (Fsp3) is 0.385. The van der Waals surface area contributed by atoms with Crippen molar-refractivity contribution in [3.63, 3.8) is 0 Å². The number of rotatable bonds is 4. The normalized spacial score (nSPS) is 21.9. The van der Waals surface area contributed by atoms with Gasteiger partial charge < -0.3 is 0 Å². The smallest absolute Gasteiger partial charge is 0.242 e. The van der Waals surface area contributed by atoms with Crippen molar-refractivity contribution in [3.8, 4) is 0 Å². The molecule has 1 heterocycles. The average Bonchev–Trinajstić information content (AvgIpc) is 2.69. The summed E-state index contributed by atoms with van der Waals surface area (Å²) < 4.78 is 0. The van der Waals surface area contributed by atoms with Crippen molar-refractivity contribution in [2.75, 3.05) is 12.4 Å². The molecule has 1 aliphatic heterocycles. The molecule has 1 aliphatic rings. The van der Waals surface area contributed by atoms with Crippen LogP contribution >= 0.6 is 27.7 Å². The molecule has 1 aromatic carbocycles. The van der Waals surface area contributed by atoms with E-state index in [0.29, 0.717) is 6.54 Å². The minimum absolute atomic E-state index is 0.00628. The highest BCUT2D eigenvalue weighted by Crippen LogP contribution is 2.30. The molecule has 2 rings (SSSR count). The van der Waals surface area contributed by atoms with E-state index in [0.717, 1.165) is 22.5 Å². The van der Waals surface area contributed by atoms with E-state index in [-0.39, 0.29) is 11.2 Å². The summed E-state index contributed by atoms with van der Waals surface area (Å²) in [5.74, 6) is 0.170. The molecule has 1 saturated heterocycles. The second-order valence-corrected chi connectivity index (χ2v) is 5.96. The van der Waals surface area contributed by atoms with Crippen molar-refractivity contribution in [3.05, 3.63) is 35.9 Å². The van der Waals surface area contributed by atoms with E-state index in [2.05, 4.69) is 20.9 Å². The average molecular weight is 327 g/mol. The second-order valence-electron chi connectivity index (χ2n) is 4.00. The van der Waals surface area contributed by atoms with Crippen molar-refractivity contribution < 1.29 is 4.79 Å². The molecule has 0 bridgehead atoms. The number of hydrogen-bond acceptors (Lipinski definition) is 3. The third kappa shape index (κ3) is 2.95. The molecule has 1 amide bonds. The lowest BCUT2D eigenvalue weighted by atomic mass is 10.2. The van der Waals surface area contributed by atoms with Gasteiger partial charge in [-0.25, -0.2) is 0 Å². The Morgan fingerprint density at radius 3 is 2.72 bits per heavy atom. The summed E-state index contributed by atoms with van der Waals surface area (Å²) in [6, 6.07) is 10.0. The topological polar surface area (TPSA) is 32.7 Å². The van der Waals surface area contributed by atoms with Crippen LogP contribution in [0.5, 0.6) is 0 Å². The van der Waals surface area contributed by atoms with Crippen molar-refractivity contribution in [1.29, 1.82) is 0 Å². The van der Waals surface area contributed by atoms with Crippen LogP contribution in [0.3, 0.4) is 0 Å². The Morgan fingerprint density at radius 2 is 2.11 bits per heavy atom. The van der Waals surface area contributed by atoms with E-state index in [1.54, 1.807) is 23.7 Å². The molecule has 3 nitrogen and oxygen atoms in total. The van der Waals surface area contributed by atoms with Gasteiger partial charge in [0.25, 0.3) is 0 Å². The highest BCUT2D eigenvalue weighted by molar-refractivity contribution is 9.09. The van der Waals surface area contributed by atoms with Gasteiger partial charge in [0.2, 0.25) is 5.91 Å². The molecule has 18 heavy (non-hydrogen) atoms. The first kappa shape index (κ1) is 13.6. The molecule has 96 valence electrons. The highest BCUT2D eigenvalue weighted by atomic mass is 79.9. The Labute approximate surface area is 120 Å². The van der Waals surface area contributed by atoms with Crippen molar-refractivity contribution in [2.45, 2.75) is 18.2 Å². The lowest BCUT2D eigenvalue weighted by Crippen LogP contribution is -2.31. The fourth-order valence-corrected chi connectivity index (χ4v) is 3.74. The monoisotopic (exact) mass is 326 g/mol. The highest BCUT2D eigenvalue weighted by Gasteiger charge is 2.36. The largest absolute Gasteiger partial charge is 0.286 e. The van der Waals surface area contributed by atoms with Crippen LogP contribution < -0.4 is 0 Å². The van der Waals surface area contributed by atoms with Crippen LogP contribution in [0, 0.1) is 0 Å². The summed E-state index contributed by atoms with van der Waals surface area (Å²) in [5.41, 5.74) is 1.13. The number of carbonyl (C=O) groups excluding carboxylic acids is 1. The molecule has 0 radical (unpaired) electrons. The summed E-state index contributed by atoms with van der Waals surface area (Å²) in [6.07, 6.45) is 0.841. The number of hydrogen-bond donors (Lipinski definition) is 0. The fourth-order valence-electron chi connectivity index (χ4n) is 1.88. The van der Waals surface area contributed by atoms with Crippen LogP contribution in [0.4, 0.5) is 0 Å². The molecule has 0 spiro atoms. The second kappa shape index (κ2) is 6.38. The van der Waals surface area contributed by atoms with Gasteiger partial charge in [0.05, 0.1) is 11.8 Å². The molecule has 0 N–H and O–H groups in total. The lowest BCUT2D eigenvalue weighted by molar-refractivity contribution is -0.126. The number of nitrogens with zero attached hydrogens (tertiary/aromatic N) is 2. The summed E-state index contributed by atoms with van der Waals surface area (Å²) in [5, 5.41) is 1.67. The van der Waals surface area contributed by atoms with Gasteiger partial charge in [-0.15, -0.1) is 0 Å². The van der Waals surface area contributed by atoms with E-state index in [1.165, 1.54) is 0 Å². The van der Waals surface area contributed by atoms with Gasteiger partial charge in [-0.3, -0.25) is 14.7 Å². The molecule has 1 atom stereocenters. The van der Waals surface area contributed by atoms with Gasteiger partial charge >= 0.3 is 0 Å². The lowest BCUT2D eigenvalue weighted by Gasteiger charge is -2.16. The first-order chi connectivity index (χ1) is 8.76. The third-order valence-corrected chi connectivity index (χ3v) is 4.56. The Bertz CT molecular complexity index is 450. The number of aliphatic imine (C=N–C) groups is 1. The number of amides is 1. The van der Waals surface area contributed by atoms with Gasteiger partial charge in [-0.05, 0) is 12.0 Å². The van der Waals surface area contributed by atoms with Crippen molar-refractivity contribution >= 4 is 38.8 Å². The molecule has 1 aromatic rings. The maximum atomic E-state index is 12.3. The Balaban J connectivity index is 2.13. The standard InChI is InChI=1S/C13H15BrN2OS/c1-15-13-16(9-10-5-3-2-4-6-10)12(17)11(18-13)7-8-14/h2-6,11H,7-9H2,1H3. The molecule has 0 saturated carbocycles. The molecule has 5 heteroatoms. The van der Waals surface area contributed by atoms with E-state index >= 15 is 0 Å². The zero-order valence-corrected chi connectivity index (χ0v) is 12.6. The van der Waals surface area contributed by atoms with Crippen LogP contribution in [0.25, 0.3) is 0 Å². The van der Waals surface area contributed by atoms with E-state index in [4.69, 9.17) is 0 Å². The van der Waals surface area contributed by atoms with Gasteiger partial charge in [0, 0.05) is 12.4 Å². The number of amidine groups is 1. The number of alkyl halides is 1. The SMILES string of the molecule is CN=C1SC(CCBr)C(=O)N1Cc1ccccc1. The number of halogens is 1.